The van der Waals surface area contributed by atoms with Gasteiger partial charge in [-0.25, -0.2) is 8.42 Å². The van der Waals surface area contributed by atoms with Crippen LogP contribution in [0.15, 0.2) is 58.3 Å². The van der Waals surface area contributed by atoms with Crippen LogP contribution in [0.5, 0.6) is 0 Å². The summed E-state index contributed by atoms with van der Waals surface area (Å²) >= 11 is 6.45. The van der Waals surface area contributed by atoms with Crippen molar-refractivity contribution in [1.82, 2.24) is 0 Å². The highest BCUT2D eigenvalue weighted by Gasteiger charge is 2.15. The molecule has 0 amide bonds. The van der Waals surface area contributed by atoms with E-state index < -0.39 is 10.0 Å². The highest BCUT2D eigenvalue weighted by atomic mass is 32.2. The van der Waals surface area contributed by atoms with Crippen LogP contribution in [-0.4, -0.2) is 19.7 Å². The van der Waals surface area contributed by atoms with Crippen LogP contribution in [0.1, 0.15) is 5.56 Å². The van der Waals surface area contributed by atoms with Gasteiger partial charge in [-0.1, -0.05) is 24.4 Å². The molecule has 110 valence electrons. The van der Waals surface area contributed by atoms with Gasteiger partial charge < -0.3 is 5.73 Å². The van der Waals surface area contributed by atoms with Gasteiger partial charge in [-0.2, -0.15) is 0 Å². The number of thioether (sulfide) groups is 1. The van der Waals surface area contributed by atoms with Crippen molar-refractivity contribution in [3.63, 3.8) is 0 Å². The predicted octanol–water partition coefficient (Wildman–Crippen LogP) is 2.84. The molecule has 0 fully saturated rings. The molecule has 4 nitrogen and oxygen atoms in total. The zero-order valence-corrected chi connectivity index (χ0v) is 13.7. The average Bonchev–Trinajstić information content (AvgIpc) is 2.48. The molecule has 2 rings (SSSR count). The second-order valence-corrected chi connectivity index (χ2v) is 7.23. The van der Waals surface area contributed by atoms with Crippen molar-refractivity contribution >= 4 is 44.7 Å². The second kappa shape index (κ2) is 6.46. The summed E-state index contributed by atoms with van der Waals surface area (Å²) < 4.78 is 27.2. The zero-order chi connectivity index (χ0) is 15.5. The maximum Gasteiger partial charge on any atom is 0.261 e. The molecular formula is C14H14N2O2S3. The Morgan fingerprint density at radius 2 is 1.86 bits per heavy atom. The minimum Gasteiger partial charge on any atom is -0.389 e. The molecule has 7 heteroatoms. The Balaban J connectivity index is 2.29. The fourth-order valence-electron chi connectivity index (χ4n) is 1.69. The van der Waals surface area contributed by atoms with E-state index in [0.29, 0.717) is 11.3 Å². The van der Waals surface area contributed by atoms with E-state index in [0.717, 1.165) is 4.90 Å². The molecule has 0 aliphatic rings. The maximum atomic E-state index is 12.3. The van der Waals surface area contributed by atoms with Gasteiger partial charge in [-0.15, -0.1) is 11.8 Å². The summed E-state index contributed by atoms with van der Waals surface area (Å²) in [4.78, 5) is 1.35. The standard InChI is InChI=1S/C14H14N2O2S3/c1-20-12-7-5-11(6-8-12)16-21(17,18)13-4-2-3-10(9-13)14(15)19/h2-9,16H,1H3,(H2,15,19). The number of benzene rings is 2. The van der Waals surface area contributed by atoms with Crippen LogP contribution in [-0.2, 0) is 10.0 Å². The zero-order valence-electron chi connectivity index (χ0n) is 11.2. The highest BCUT2D eigenvalue weighted by molar-refractivity contribution is 7.98. The third-order valence-electron chi connectivity index (χ3n) is 2.77. The smallest absolute Gasteiger partial charge is 0.261 e. The van der Waals surface area contributed by atoms with Crippen molar-refractivity contribution in [2.45, 2.75) is 9.79 Å². The Morgan fingerprint density at radius 3 is 2.43 bits per heavy atom. The molecule has 0 atom stereocenters. The lowest BCUT2D eigenvalue weighted by Gasteiger charge is -2.09. The van der Waals surface area contributed by atoms with Gasteiger partial charge in [0.1, 0.15) is 4.99 Å². The van der Waals surface area contributed by atoms with E-state index >= 15 is 0 Å². The molecule has 0 aromatic heterocycles. The lowest BCUT2D eigenvalue weighted by molar-refractivity contribution is 0.601. The summed E-state index contributed by atoms with van der Waals surface area (Å²) in [6, 6.07) is 13.4. The van der Waals surface area contributed by atoms with Crippen LogP contribution in [0.2, 0.25) is 0 Å². The minimum atomic E-state index is -3.66. The van der Waals surface area contributed by atoms with Crippen LogP contribution in [0.25, 0.3) is 0 Å². The van der Waals surface area contributed by atoms with E-state index in [9.17, 15) is 8.42 Å². The van der Waals surface area contributed by atoms with Gasteiger partial charge >= 0.3 is 0 Å². The lowest BCUT2D eigenvalue weighted by atomic mass is 10.2. The summed E-state index contributed by atoms with van der Waals surface area (Å²) in [6.45, 7) is 0. The first-order chi connectivity index (χ1) is 9.92. The van der Waals surface area contributed by atoms with Crippen LogP contribution < -0.4 is 10.5 Å². The monoisotopic (exact) mass is 338 g/mol. The van der Waals surface area contributed by atoms with Gasteiger partial charge in [0.25, 0.3) is 10.0 Å². The summed E-state index contributed by atoms with van der Waals surface area (Å²) in [5, 5.41) is 0. The Hall–Kier alpha value is -1.57. The number of nitrogens with two attached hydrogens (primary N) is 1. The van der Waals surface area contributed by atoms with E-state index in [1.165, 1.54) is 12.1 Å². The number of sulfonamides is 1. The molecule has 0 unspecified atom stereocenters. The van der Waals surface area contributed by atoms with Gasteiger partial charge in [0, 0.05) is 16.1 Å². The van der Waals surface area contributed by atoms with Gasteiger partial charge in [0.15, 0.2) is 0 Å². The predicted molar refractivity (Wildman–Crippen MR) is 91.4 cm³/mol. The Morgan fingerprint density at radius 1 is 1.19 bits per heavy atom. The number of hydrogen-bond donors (Lipinski definition) is 2. The van der Waals surface area contributed by atoms with Crippen molar-refractivity contribution in [2.75, 3.05) is 11.0 Å². The van der Waals surface area contributed by atoms with Crippen molar-refractivity contribution in [3.05, 3.63) is 54.1 Å². The molecular weight excluding hydrogens is 324 g/mol. The average molecular weight is 338 g/mol. The molecule has 0 radical (unpaired) electrons. The van der Waals surface area contributed by atoms with Gasteiger partial charge in [-0.3, -0.25) is 4.72 Å². The van der Waals surface area contributed by atoms with E-state index in [4.69, 9.17) is 18.0 Å². The molecule has 2 aromatic rings. The quantitative estimate of drug-likeness (QED) is 0.648. The summed E-state index contributed by atoms with van der Waals surface area (Å²) in [5.74, 6) is 0. The third kappa shape index (κ3) is 3.96. The molecule has 0 saturated carbocycles. The number of hydrogen-bond acceptors (Lipinski definition) is 4. The lowest BCUT2D eigenvalue weighted by Crippen LogP contribution is -2.15. The van der Waals surface area contributed by atoms with Crippen molar-refractivity contribution in [1.29, 1.82) is 0 Å². The summed E-state index contributed by atoms with van der Waals surface area (Å²) in [6.07, 6.45) is 1.96. The Labute approximate surface area is 133 Å². The first-order valence-electron chi connectivity index (χ1n) is 5.99. The molecule has 3 N–H and O–H groups in total. The van der Waals surface area contributed by atoms with Crippen LogP contribution in [0.3, 0.4) is 0 Å². The van der Waals surface area contributed by atoms with E-state index in [1.807, 2.05) is 18.4 Å². The number of thiocarbonyl (C=S) groups is 1. The van der Waals surface area contributed by atoms with Crippen molar-refractivity contribution in [3.8, 4) is 0 Å². The maximum absolute atomic E-state index is 12.3. The Bertz CT molecular complexity index is 756. The Kier molecular flexibility index (Phi) is 4.87. The van der Waals surface area contributed by atoms with Gasteiger partial charge in [-0.05, 0) is 42.7 Å². The van der Waals surface area contributed by atoms with E-state index in [-0.39, 0.29) is 9.88 Å². The molecule has 0 saturated heterocycles. The molecule has 0 aliphatic heterocycles. The molecule has 0 heterocycles. The van der Waals surface area contributed by atoms with Crippen LogP contribution >= 0.6 is 24.0 Å². The number of rotatable bonds is 5. The first-order valence-corrected chi connectivity index (χ1v) is 9.11. The van der Waals surface area contributed by atoms with Crippen LogP contribution in [0.4, 0.5) is 5.69 Å². The normalized spacial score (nSPS) is 11.1. The van der Waals surface area contributed by atoms with E-state index in [2.05, 4.69) is 4.72 Å². The SMILES string of the molecule is CSc1ccc(NS(=O)(=O)c2cccc(C(N)=S)c2)cc1. The molecule has 0 bridgehead atoms. The topological polar surface area (TPSA) is 72.2 Å². The van der Waals surface area contributed by atoms with Gasteiger partial charge in [0.05, 0.1) is 4.90 Å². The summed E-state index contributed by atoms with van der Waals surface area (Å²) in [5.41, 5.74) is 6.55. The molecule has 0 spiro atoms. The van der Waals surface area contributed by atoms with Crippen molar-refractivity contribution in [2.24, 2.45) is 5.73 Å². The fraction of sp³-hybridized carbons (Fsp3) is 0.0714. The third-order valence-corrected chi connectivity index (χ3v) is 5.13. The molecule has 2 aromatic carbocycles. The number of anilines is 1. The number of nitrogens with one attached hydrogen (secondary N) is 1. The molecule has 0 aliphatic carbocycles. The van der Waals surface area contributed by atoms with Gasteiger partial charge in [0.2, 0.25) is 0 Å². The minimum absolute atomic E-state index is 0.127. The van der Waals surface area contributed by atoms with Crippen LogP contribution in [0, 0.1) is 0 Å². The first kappa shape index (κ1) is 15.8. The van der Waals surface area contributed by atoms with Crippen molar-refractivity contribution < 1.29 is 8.42 Å². The summed E-state index contributed by atoms with van der Waals surface area (Å²) in [7, 11) is -3.66. The van der Waals surface area contributed by atoms with E-state index in [1.54, 1.807) is 36.0 Å². The fourth-order valence-corrected chi connectivity index (χ4v) is 3.33. The highest BCUT2D eigenvalue weighted by Crippen LogP contribution is 2.20. The largest absolute Gasteiger partial charge is 0.389 e. The second-order valence-electron chi connectivity index (χ2n) is 4.23. The molecule has 21 heavy (non-hydrogen) atoms.